The van der Waals surface area contributed by atoms with Crippen molar-refractivity contribution in [3.8, 4) is 0 Å². The number of benzene rings is 2. The fraction of sp³-hybridized carbons (Fsp3) is 0.176. The summed E-state index contributed by atoms with van der Waals surface area (Å²) in [6.07, 6.45) is -0.977. The molecule has 0 saturated carbocycles. The number of rotatable bonds is 4. The second-order valence-corrected chi connectivity index (χ2v) is 6.34. The first-order valence-corrected chi connectivity index (χ1v) is 8.33. The quantitative estimate of drug-likeness (QED) is 0.373. The molecular formula is C17H11F5N2OS. The number of carbonyl (C=O) groups excluding carboxylic acids is 1. The molecule has 3 aromatic rings. The number of para-hydroxylation sites is 1. The van der Waals surface area contributed by atoms with Gasteiger partial charge in [-0.2, -0.15) is 0 Å². The van der Waals surface area contributed by atoms with Crippen molar-refractivity contribution in [2.24, 2.45) is 0 Å². The molecule has 3 nitrogen and oxygen atoms in total. The van der Waals surface area contributed by atoms with E-state index >= 15 is 0 Å². The summed E-state index contributed by atoms with van der Waals surface area (Å²) < 4.78 is 68.1. The molecule has 0 unspecified atom stereocenters. The van der Waals surface area contributed by atoms with Gasteiger partial charge in [0.2, 0.25) is 11.7 Å². The maximum Gasteiger partial charge on any atom is 0.233 e. The van der Waals surface area contributed by atoms with E-state index in [2.05, 4.69) is 4.98 Å². The highest BCUT2D eigenvalue weighted by molar-refractivity contribution is 7.22. The fourth-order valence-corrected chi connectivity index (χ4v) is 3.49. The minimum absolute atomic E-state index is 0.119. The fourth-order valence-electron chi connectivity index (χ4n) is 2.45. The van der Waals surface area contributed by atoms with Gasteiger partial charge in [0.1, 0.15) is 0 Å². The molecular weight excluding hydrogens is 375 g/mol. The maximum absolute atomic E-state index is 13.8. The Labute approximate surface area is 148 Å². The van der Waals surface area contributed by atoms with Gasteiger partial charge in [0, 0.05) is 12.1 Å². The van der Waals surface area contributed by atoms with Gasteiger partial charge in [-0.15, -0.1) is 0 Å². The molecule has 0 radical (unpaired) electrons. The van der Waals surface area contributed by atoms with Gasteiger partial charge >= 0.3 is 0 Å². The van der Waals surface area contributed by atoms with Crippen molar-refractivity contribution in [1.29, 1.82) is 0 Å². The average molecular weight is 386 g/mol. The molecule has 0 N–H and O–H groups in total. The molecule has 1 aromatic heterocycles. The van der Waals surface area contributed by atoms with Crippen molar-refractivity contribution >= 4 is 32.6 Å². The van der Waals surface area contributed by atoms with Crippen LogP contribution in [0.15, 0.2) is 24.3 Å². The summed E-state index contributed by atoms with van der Waals surface area (Å²) in [5.74, 6) is -11.2. The highest BCUT2D eigenvalue weighted by Gasteiger charge is 2.28. The third kappa shape index (κ3) is 3.03. The largest absolute Gasteiger partial charge is 0.288 e. The summed E-state index contributed by atoms with van der Waals surface area (Å²) in [5.41, 5.74) is -0.527. The van der Waals surface area contributed by atoms with Gasteiger partial charge in [-0.25, -0.2) is 26.9 Å². The van der Waals surface area contributed by atoms with E-state index in [0.717, 1.165) is 9.60 Å². The Hall–Kier alpha value is -2.55. The first kappa shape index (κ1) is 18.2. The lowest BCUT2D eigenvalue weighted by molar-refractivity contribution is -0.118. The number of halogens is 5. The number of aromatic nitrogens is 1. The van der Waals surface area contributed by atoms with E-state index in [0.29, 0.717) is 5.52 Å². The van der Waals surface area contributed by atoms with Crippen LogP contribution in [0.25, 0.3) is 10.2 Å². The zero-order valence-corrected chi connectivity index (χ0v) is 14.1. The number of anilines is 1. The first-order valence-electron chi connectivity index (χ1n) is 7.51. The summed E-state index contributed by atoms with van der Waals surface area (Å²) in [6.45, 7) is 1.73. The van der Waals surface area contributed by atoms with Crippen LogP contribution in [0.1, 0.15) is 12.5 Å². The van der Waals surface area contributed by atoms with Crippen molar-refractivity contribution in [2.75, 3.05) is 11.4 Å². The number of thiazole rings is 1. The van der Waals surface area contributed by atoms with E-state index in [-0.39, 0.29) is 11.7 Å². The standard InChI is InChI=1S/C17H11F5N2OS/c1-2-24(17-23-9-5-3-4-6-10(9)26-17)11(25)7-8-12(18)14(20)16(22)15(21)13(8)19/h3-6H,2,7H2,1H3. The second kappa shape index (κ2) is 6.99. The van der Waals surface area contributed by atoms with Crippen LogP contribution in [0.3, 0.4) is 0 Å². The third-order valence-corrected chi connectivity index (χ3v) is 4.82. The average Bonchev–Trinajstić information content (AvgIpc) is 3.06. The summed E-state index contributed by atoms with van der Waals surface area (Å²) in [7, 11) is 0. The van der Waals surface area contributed by atoms with E-state index in [1.54, 1.807) is 31.2 Å². The van der Waals surface area contributed by atoms with Crippen molar-refractivity contribution in [3.05, 3.63) is 58.9 Å². The van der Waals surface area contributed by atoms with Crippen molar-refractivity contribution in [1.82, 2.24) is 4.98 Å². The zero-order chi connectivity index (χ0) is 19.0. The Bertz CT molecular complexity index is 942. The van der Waals surface area contributed by atoms with Gasteiger partial charge in [-0.3, -0.25) is 9.69 Å². The number of likely N-dealkylation sites (N-methyl/N-ethyl adjacent to an activating group) is 1. The number of hydrogen-bond donors (Lipinski definition) is 0. The number of nitrogens with zero attached hydrogens (tertiary/aromatic N) is 2. The Balaban J connectivity index is 1.96. The van der Waals surface area contributed by atoms with Crippen LogP contribution in [0.2, 0.25) is 0 Å². The van der Waals surface area contributed by atoms with Gasteiger partial charge < -0.3 is 0 Å². The molecule has 3 rings (SSSR count). The van der Waals surface area contributed by atoms with Crippen LogP contribution < -0.4 is 4.90 Å². The molecule has 9 heteroatoms. The maximum atomic E-state index is 13.8. The molecule has 0 aliphatic rings. The molecule has 2 aromatic carbocycles. The number of fused-ring (bicyclic) bond motifs is 1. The molecule has 0 spiro atoms. The predicted octanol–water partition coefficient (Wildman–Crippen LogP) is 4.59. The molecule has 1 amide bonds. The van der Waals surface area contributed by atoms with Gasteiger partial charge in [0.15, 0.2) is 28.4 Å². The van der Waals surface area contributed by atoms with E-state index in [1.165, 1.54) is 11.3 Å². The minimum atomic E-state index is -2.25. The second-order valence-electron chi connectivity index (χ2n) is 5.33. The molecule has 1 heterocycles. The number of amides is 1. The molecule has 0 bridgehead atoms. The van der Waals surface area contributed by atoms with E-state index in [4.69, 9.17) is 0 Å². The molecule has 0 atom stereocenters. The molecule has 136 valence electrons. The molecule has 26 heavy (non-hydrogen) atoms. The minimum Gasteiger partial charge on any atom is -0.288 e. The monoisotopic (exact) mass is 386 g/mol. The van der Waals surface area contributed by atoms with Crippen LogP contribution in [-0.4, -0.2) is 17.4 Å². The lowest BCUT2D eigenvalue weighted by Crippen LogP contribution is -2.32. The lowest BCUT2D eigenvalue weighted by Gasteiger charge is -2.18. The molecule has 0 fully saturated rings. The van der Waals surface area contributed by atoms with E-state index in [9.17, 15) is 26.7 Å². The van der Waals surface area contributed by atoms with Crippen LogP contribution in [0.5, 0.6) is 0 Å². The summed E-state index contributed by atoms with van der Waals surface area (Å²) >= 11 is 1.18. The third-order valence-electron chi connectivity index (χ3n) is 3.76. The summed E-state index contributed by atoms with van der Waals surface area (Å²) in [5, 5.41) is 0.280. The van der Waals surface area contributed by atoms with Crippen molar-refractivity contribution < 1.29 is 26.7 Å². The highest BCUT2D eigenvalue weighted by atomic mass is 32.1. The topological polar surface area (TPSA) is 33.2 Å². The zero-order valence-electron chi connectivity index (χ0n) is 13.3. The van der Waals surface area contributed by atoms with Gasteiger partial charge in [-0.05, 0) is 19.1 Å². The Morgan fingerprint density at radius 3 is 2.15 bits per heavy atom. The van der Waals surface area contributed by atoms with Crippen molar-refractivity contribution in [3.63, 3.8) is 0 Å². The Kier molecular flexibility index (Phi) is 4.90. The SMILES string of the molecule is CCN(C(=O)Cc1c(F)c(F)c(F)c(F)c1F)c1nc2ccccc2s1. The molecule has 0 aliphatic carbocycles. The summed E-state index contributed by atoms with van der Waals surface area (Å²) in [6, 6.07) is 7.08. The number of hydrogen-bond acceptors (Lipinski definition) is 3. The predicted molar refractivity (Wildman–Crippen MR) is 87.6 cm³/mol. The smallest absolute Gasteiger partial charge is 0.233 e. The first-order chi connectivity index (χ1) is 12.3. The van der Waals surface area contributed by atoms with Gasteiger partial charge in [-0.1, -0.05) is 23.5 Å². The normalized spacial score (nSPS) is 11.2. The molecule has 0 saturated heterocycles. The summed E-state index contributed by atoms with van der Waals surface area (Å²) in [4.78, 5) is 17.9. The lowest BCUT2D eigenvalue weighted by atomic mass is 10.1. The number of carbonyl (C=O) groups is 1. The van der Waals surface area contributed by atoms with Crippen molar-refractivity contribution in [2.45, 2.75) is 13.3 Å². The van der Waals surface area contributed by atoms with Gasteiger partial charge in [0.05, 0.1) is 16.6 Å². The Morgan fingerprint density at radius 2 is 1.58 bits per heavy atom. The highest BCUT2D eigenvalue weighted by Crippen LogP contribution is 2.30. The van der Waals surface area contributed by atoms with Gasteiger partial charge in [0.25, 0.3) is 0 Å². The Morgan fingerprint density at radius 1 is 1.00 bits per heavy atom. The van der Waals surface area contributed by atoms with Crippen LogP contribution in [0.4, 0.5) is 27.1 Å². The van der Waals surface area contributed by atoms with E-state index in [1.807, 2.05) is 0 Å². The van der Waals surface area contributed by atoms with Crippen LogP contribution in [-0.2, 0) is 11.2 Å². The van der Waals surface area contributed by atoms with E-state index < -0.39 is 47.0 Å². The van der Waals surface area contributed by atoms with Crippen LogP contribution in [0, 0.1) is 29.1 Å². The van der Waals surface area contributed by atoms with Crippen LogP contribution >= 0.6 is 11.3 Å². The molecule has 0 aliphatic heterocycles.